The first-order valence-electron chi connectivity index (χ1n) is 5.40. The molecule has 0 aromatic heterocycles. The second kappa shape index (κ2) is 5.74. The average molecular weight is 328 g/mol. The van der Waals surface area contributed by atoms with Crippen molar-refractivity contribution >= 4 is 27.5 Å². The van der Waals surface area contributed by atoms with Gasteiger partial charge in [-0.2, -0.15) is 0 Å². The highest BCUT2D eigenvalue weighted by atomic mass is 79.9. The third kappa shape index (κ3) is 2.53. The highest BCUT2D eigenvalue weighted by Gasteiger charge is 2.18. The molecule has 0 saturated carbocycles. The molecule has 0 aliphatic rings. The lowest BCUT2D eigenvalue weighted by molar-refractivity contribution is 0.215. The summed E-state index contributed by atoms with van der Waals surface area (Å²) >= 11 is 9.53. The summed E-state index contributed by atoms with van der Waals surface area (Å²) in [5.41, 5.74) is 1.34. The Labute approximate surface area is 119 Å². The van der Waals surface area contributed by atoms with Crippen molar-refractivity contribution in [1.29, 1.82) is 0 Å². The first-order valence-corrected chi connectivity index (χ1v) is 6.57. The van der Waals surface area contributed by atoms with E-state index in [1.165, 1.54) is 0 Å². The van der Waals surface area contributed by atoms with Gasteiger partial charge in [0.1, 0.15) is 11.9 Å². The zero-order valence-corrected chi connectivity index (χ0v) is 12.1. The Balaban J connectivity index is 2.48. The maximum absolute atomic E-state index is 10.4. The molecular formula is C14H12BrClO2. The number of benzene rings is 2. The maximum atomic E-state index is 10.4. The van der Waals surface area contributed by atoms with Crippen molar-refractivity contribution in [2.75, 3.05) is 7.11 Å². The minimum Gasteiger partial charge on any atom is -0.496 e. The maximum Gasteiger partial charge on any atom is 0.125 e. The Morgan fingerprint density at radius 2 is 1.78 bits per heavy atom. The van der Waals surface area contributed by atoms with Gasteiger partial charge in [-0.25, -0.2) is 0 Å². The lowest BCUT2D eigenvalue weighted by Crippen LogP contribution is -2.03. The van der Waals surface area contributed by atoms with Crippen molar-refractivity contribution in [2.45, 2.75) is 6.10 Å². The van der Waals surface area contributed by atoms with Crippen LogP contribution in [0.2, 0.25) is 5.02 Å². The van der Waals surface area contributed by atoms with E-state index in [1.807, 2.05) is 36.4 Å². The van der Waals surface area contributed by atoms with Crippen LogP contribution in [0.15, 0.2) is 46.9 Å². The van der Waals surface area contributed by atoms with Crippen molar-refractivity contribution in [2.24, 2.45) is 0 Å². The van der Waals surface area contributed by atoms with Gasteiger partial charge in [-0.05, 0) is 28.1 Å². The monoisotopic (exact) mass is 326 g/mol. The zero-order chi connectivity index (χ0) is 13.1. The summed E-state index contributed by atoms with van der Waals surface area (Å²) in [4.78, 5) is 0. The molecule has 0 radical (unpaired) electrons. The van der Waals surface area contributed by atoms with Crippen LogP contribution in [0.25, 0.3) is 0 Å². The SMILES string of the molecule is COc1ccccc1C(O)c1cccc(Br)c1Cl. The van der Waals surface area contributed by atoms with Crippen LogP contribution in [0.3, 0.4) is 0 Å². The van der Waals surface area contributed by atoms with E-state index in [0.717, 1.165) is 4.47 Å². The van der Waals surface area contributed by atoms with E-state index in [1.54, 1.807) is 13.2 Å². The number of aliphatic hydroxyl groups excluding tert-OH is 1. The van der Waals surface area contributed by atoms with E-state index in [9.17, 15) is 5.11 Å². The Hall–Kier alpha value is -1.03. The Morgan fingerprint density at radius 1 is 1.11 bits per heavy atom. The molecule has 4 heteroatoms. The zero-order valence-electron chi connectivity index (χ0n) is 9.73. The predicted molar refractivity (Wildman–Crippen MR) is 76.2 cm³/mol. The van der Waals surface area contributed by atoms with Crippen LogP contribution in [-0.2, 0) is 0 Å². The Bertz CT molecular complexity index is 557. The van der Waals surface area contributed by atoms with E-state index in [4.69, 9.17) is 16.3 Å². The van der Waals surface area contributed by atoms with E-state index in [0.29, 0.717) is 21.9 Å². The molecule has 0 heterocycles. The minimum absolute atomic E-state index is 0.510. The molecule has 2 nitrogen and oxygen atoms in total. The lowest BCUT2D eigenvalue weighted by atomic mass is 10.0. The summed E-state index contributed by atoms with van der Waals surface area (Å²) in [6.07, 6.45) is -0.814. The summed E-state index contributed by atoms with van der Waals surface area (Å²) in [5, 5.41) is 10.9. The summed E-state index contributed by atoms with van der Waals surface area (Å²) in [5.74, 6) is 0.640. The predicted octanol–water partition coefficient (Wildman–Crippen LogP) is 4.19. The second-order valence-corrected chi connectivity index (χ2v) is 5.02. The molecule has 1 N–H and O–H groups in total. The van der Waals surface area contributed by atoms with Gasteiger partial charge < -0.3 is 9.84 Å². The van der Waals surface area contributed by atoms with Crippen molar-refractivity contribution in [1.82, 2.24) is 0 Å². The van der Waals surface area contributed by atoms with Gasteiger partial charge in [0.2, 0.25) is 0 Å². The van der Waals surface area contributed by atoms with E-state index >= 15 is 0 Å². The van der Waals surface area contributed by atoms with E-state index in [-0.39, 0.29) is 0 Å². The van der Waals surface area contributed by atoms with Gasteiger partial charge in [0, 0.05) is 15.6 Å². The molecule has 18 heavy (non-hydrogen) atoms. The molecule has 1 unspecified atom stereocenters. The summed E-state index contributed by atoms with van der Waals surface area (Å²) in [6.45, 7) is 0. The number of methoxy groups -OCH3 is 1. The van der Waals surface area contributed by atoms with Gasteiger partial charge in [0.25, 0.3) is 0 Å². The molecule has 2 rings (SSSR count). The smallest absolute Gasteiger partial charge is 0.125 e. The van der Waals surface area contributed by atoms with Crippen LogP contribution < -0.4 is 4.74 Å². The van der Waals surface area contributed by atoms with Crippen LogP contribution in [0.1, 0.15) is 17.2 Å². The van der Waals surface area contributed by atoms with Crippen LogP contribution in [0.4, 0.5) is 0 Å². The van der Waals surface area contributed by atoms with Crippen molar-refractivity contribution < 1.29 is 9.84 Å². The summed E-state index contributed by atoms with van der Waals surface area (Å²) in [7, 11) is 1.58. The molecule has 2 aromatic carbocycles. The first-order chi connectivity index (χ1) is 8.65. The van der Waals surface area contributed by atoms with Crippen LogP contribution in [-0.4, -0.2) is 12.2 Å². The average Bonchev–Trinajstić information content (AvgIpc) is 2.41. The van der Waals surface area contributed by atoms with Gasteiger partial charge in [-0.15, -0.1) is 0 Å². The van der Waals surface area contributed by atoms with E-state index < -0.39 is 6.10 Å². The molecule has 0 amide bonds. The summed E-state index contributed by atoms with van der Waals surface area (Å²) in [6, 6.07) is 12.8. The largest absolute Gasteiger partial charge is 0.496 e. The molecule has 0 spiro atoms. The molecule has 94 valence electrons. The molecule has 1 atom stereocenters. The Morgan fingerprint density at radius 3 is 2.50 bits per heavy atom. The molecule has 0 aliphatic carbocycles. The van der Waals surface area contributed by atoms with Crippen molar-refractivity contribution in [3.63, 3.8) is 0 Å². The fourth-order valence-corrected chi connectivity index (χ4v) is 2.40. The van der Waals surface area contributed by atoms with Crippen LogP contribution in [0.5, 0.6) is 5.75 Å². The molecule has 0 fully saturated rings. The van der Waals surface area contributed by atoms with Gasteiger partial charge in [-0.1, -0.05) is 41.9 Å². The summed E-state index contributed by atoms with van der Waals surface area (Å²) < 4.78 is 6.00. The molecule has 0 aliphatic heterocycles. The number of ether oxygens (including phenoxy) is 1. The quantitative estimate of drug-likeness (QED) is 0.916. The standard InChI is InChI=1S/C14H12BrClO2/c1-18-12-8-3-2-5-9(12)14(17)10-6-4-7-11(15)13(10)16/h2-8,14,17H,1H3. The van der Waals surface area contributed by atoms with Crippen LogP contribution >= 0.6 is 27.5 Å². The molecular weight excluding hydrogens is 316 g/mol. The second-order valence-electron chi connectivity index (χ2n) is 3.79. The number of halogens is 2. The Kier molecular flexibility index (Phi) is 4.27. The number of para-hydroxylation sites is 1. The topological polar surface area (TPSA) is 29.5 Å². The first kappa shape index (κ1) is 13.4. The number of hydrogen-bond acceptors (Lipinski definition) is 2. The fraction of sp³-hybridized carbons (Fsp3) is 0.143. The van der Waals surface area contributed by atoms with Crippen molar-refractivity contribution in [3.8, 4) is 5.75 Å². The highest BCUT2D eigenvalue weighted by molar-refractivity contribution is 9.10. The van der Waals surface area contributed by atoms with Gasteiger partial charge in [0.05, 0.1) is 12.1 Å². The number of hydrogen-bond donors (Lipinski definition) is 1. The minimum atomic E-state index is -0.814. The fourth-order valence-electron chi connectivity index (χ4n) is 1.79. The lowest BCUT2D eigenvalue weighted by Gasteiger charge is -2.16. The van der Waals surface area contributed by atoms with Gasteiger partial charge >= 0.3 is 0 Å². The van der Waals surface area contributed by atoms with E-state index in [2.05, 4.69) is 15.9 Å². The van der Waals surface area contributed by atoms with Crippen LogP contribution in [0, 0.1) is 0 Å². The third-order valence-electron chi connectivity index (χ3n) is 2.71. The molecule has 2 aromatic rings. The highest BCUT2D eigenvalue weighted by Crippen LogP contribution is 2.36. The normalized spacial score (nSPS) is 12.2. The molecule has 0 saturated heterocycles. The third-order valence-corrected chi connectivity index (χ3v) is 4.02. The van der Waals surface area contributed by atoms with Gasteiger partial charge in [0.15, 0.2) is 0 Å². The van der Waals surface area contributed by atoms with Crippen molar-refractivity contribution in [3.05, 3.63) is 63.1 Å². The molecule has 0 bridgehead atoms. The van der Waals surface area contributed by atoms with Gasteiger partial charge in [-0.3, -0.25) is 0 Å². The number of rotatable bonds is 3. The number of aliphatic hydroxyl groups is 1.